The summed E-state index contributed by atoms with van der Waals surface area (Å²) in [4.78, 5) is 11.9. The van der Waals surface area contributed by atoms with Crippen LogP contribution in [0.15, 0.2) is 11.6 Å². The fraction of sp³-hybridized carbons (Fsp3) is 0.900. The van der Waals surface area contributed by atoms with Crippen LogP contribution in [0.2, 0.25) is 0 Å². The van der Waals surface area contributed by atoms with Crippen molar-refractivity contribution in [3.63, 3.8) is 0 Å². The molecule has 4 saturated carbocycles. The Bertz CT molecular complexity index is 792. The van der Waals surface area contributed by atoms with Crippen LogP contribution in [-0.2, 0) is 4.79 Å². The van der Waals surface area contributed by atoms with E-state index < -0.39 is 0 Å². The van der Waals surface area contributed by atoms with Gasteiger partial charge in [0.1, 0.15) is 6.29 Å². The highest BCUT2D eigenvalue weighted by Crippen LogP contribution is 2.76. The number of fused-ring (bicyclic) bond motifs is 7. The highest BCUT2D eigenvalue weighted by atomic mass is 16.1. The molecular weight excluding hydrogens is 376 g/mol. The molecule has 0 saturated heterocycles. The maximum Gasteiger partial charge on any atom is 0.145 e. The van der Waals surface area contributed by atoms with E-state index in [2.05, 4.69) is 54.5 Å². The zero-order chi connectivity index (χ0) is 22.4. The van der Waals surface area contributed by atoms with Gasteiger partial charge in [0.25, 0.3) is 0 Å². The first-order valence-electron chi connectivity index (χ1n) is 13.6. The van der Waals surface area contributed by atoms with E-state index in [-0.39, 0.29) is 0 Å². The Morgan fingerprint density at radius 1 is 0.839 bits per heavy atom. The number of allylic oxidation sites excluding steroid dienone is 2. The van der Waals surface area contributed by atoms with E-state index >= 15 is 0 Å². The van der Waals surface area contributed by atoms with Crippen LogP contribution in [-0.4, -0.2) is 6.29 Å². The predicted octanol–water partition coefficient (Wildman–Crippen LogP) is 8.23. The molecule has 5 aliphatic rings. The molecular formula is C30H48O. The molecule has 1 heteroatoms. The van der Waals surface area contributed by atoms with Crippen molar-refractivity contribution < 1.29 is 4.79 Å². The highest BCUT2D eigenvalue weighted by Gasteiger charge is 2.68. The van der Waals surface area contributed by atoms with Gasteiger partial charge in [0.2, 0.25) is 0 Å². The summed E-state index contributed by atoms with van der Waals surface area (Å²) in [6, 6.07) is 0. The standard InChI is InChI=1S/C30H48O/c1-20-21(19-31)11-15-27(4)17-18-29(6)22(25(20)27)9-10-24-28(5)14-8-13-26(2,3)23(28)12-16-30(24,29)7/h11,19-20,22-25H,8-10,12-18H2,1-7H3/t20-,22-,23+,24-,25-,27-,28+,29-,30-/m1/s1. The first kappa shape index (κ1) is 22.2. The van der Waals surface area contributed by atoms with Gasteiger partial charge in [-0.25, -0.2) is 0 Å². The van der Waals surface area contributed by atoms with Gasteiger partial charge in [-0.1, -0.05) is 61.0 Å². The summed E-state index contributed by atoms with van der Waals surface area (Å²) in [7, 11) is 0. The lowest BCUT2D eigenvalue weighted by Gasteiger charge is -2.73. The van der Waals surface area contributed by atoms with E-state index in [1.54, 1.807) is 0 Å². The van der Waals surface area contributed by atoms with Gasteiger partial charge in [0.15, 0.2) is 0 Å². The smallest absolute Gasteiger partial charge is 0.145 e. The van der Waals surface area contributed by atoms with Crippen LogP contribution in [0.1, 0.15) is 113 Å². The van der Waals surface area contributed by atoms with Gasteiger partial charge in [0, 0.05) is 0 Å². The fourth-order valence-electron chi connectivity index (χ4n) is 11.4. The van der Waals surface area contributed by atoms with E-state index in [1.807, 2.05) is 0 Å². The zero-order valence-corrected chi connectivity index (χ0v) is 21.5. The molecule has 0 aromatic rings. The van der Waals surface area contributed by atoms with Crippen LogP contribution in [0.3, 0.4) is 0 Å². The van der Waals surface area contributed by atoms with Crippen molar-refractivity contribution >= 4 is 6.29 Å². The summed E-state index contributed by atoms with van der Waals surface area (Å²) in [6.07, 6.45) is 17.4. The summed E-state index contributed by atoms with van der Waals surface area (Å²) in [5, 5.41) is 0. The predicted molar refractivity (Wildman–Crippen MR) is 130 cm³/mol. The van der Waals surface area contributed by atoms with Crippen molar-refractivity contribution in [1.82, 2.24) is 0 Å². The van der Waals surface area contributed by atoms with Crippen molar-refractivity contribution in [3.8, 4) is 0 Å². The Hall–Kier alpha value is -0.590. The molecule has 0 bridgehead atoms. The van der Waals surface area contributed by atoms with E-state index in [9.17, 15) is 4.79 Å². The summed E-state index contributed by atoms with van der Waals surface area (Å²) in [5.74, 6) is 3.68. The number of aldehydes is 1. The summed E-state index contributed by atoms with van der Waals surface area (Å²) < 4.78 is 0. The van der Waals surface area contributed by atoms with Crippen molar-refractivity contribution in [2.45, 2.75) is 113 Å². The molecule has 174 valence electrons. The Morgan fingerprint density at radius 2 is 1.58 bits per heavy atom. The third-order valence-corrected chi connectivity index (χ3v) is 13.1. The molecule has 5 rings (SSSR count). The molecule has 0 N–H and O–H groups in total. The minimum absolute atomic E-state index is 0.396. The van der Waals surface area contributed by atoms with Crippen molar-refractivity contribution in [2.75, 3.05) is 0 Å². The lowest BCUT2D eigenvalue weighted by molar-refractivity contribution is -0.240. The topological polar surface area (TPSA) is 17.1 Å². The third-order valence-electron chi connectivity index (χ3n) is 13.1. The van der Waals surface area contributed by atoms with Crippen LogP contribution in [0.25, 0.3) is 0 Å². The van der Waals surface area contributed by atoms with Crippen molar-refractivity contribution in [3.05, 3.63) is 11.6 Å². The average Bonchev–Trinajstić information content (AvgIpc) is 2.68. The minimum Gasteiger partial charge on any atom is -0.298 e. The molecule has 0 unspecified atom stereocenters. The molecule has 0 spiro atoms. The number of hydrogen-bond acceptors (Lipinski definition) is 1. The second-order valence-corrected chi connectivity index (χ2v) is 14.5. The summed E-state index contributed by atoms with van der Waals surface area (Å²) >= 11 is 0. The summed E-state index contributed by atoms with van der Waals surface area (Å²) in [5.41, 5.74) is 3.42. The Morgan fingerprint density at radius 3 is 2.29 bits per heavy atom. The third kappa shape index (κ3) is 2.70. The largest absolute Gasteiger partial charge is 0.298 e. The molecule has 0 heterocycles. The quantitative estimate of drug-likeness (QED) is 0.387. The molecule has 31 heavy (non-hydrogen) atoms. The lowest BCUT2D eigenvalue weighted by Crippen LogP contribution is -2.66. The monoisotopic (exact) mass is 424 g/mol. The Kier molecular flexibility index (Phi) is 4.82. The number of rotatable bonds is 1. The highest BCUT2D eigenvalue weighted by molar-refractivity contribution is 5.74. The van der Waals surface area contributed by atoms with E-state index in [0.717, 1.165) is 29.7 Å². The van der Waals surface area contributed by atoms with E-state index in [1.165, 1.54) is 64.1 Å². The van der Waals surface area contributed by atoms with Crippen LogP contribution >= 0.6 is 0 Å². The maximum absolute atomic E-state index is 11.9. The van der Waals surface area contributed by atoms with Crippen LogP contribution in [0.4, 0.5) is 0 Å². The molecule has 0 amide bonds. The van der Waals surface area contributed by atoms with Crippen LogP contribution < -0.4 is 0 Å². The molecule has 0 aromatic heterocycles. The van der Waals surface area contributed by atoms with Crippen molar-refractivity contribution in [2.24, 2.45) is 56.7 Å². The Balaban J connectivity index is 1.55. The van der Waals surface area contributed by atoms with Crippen LogP contribution in [0.5, 0.6) is 0 Å². The first-order valence-corrected chi connectivity index (χ1v) is 13.6. The number of hydrogen-bond donors (Lipinski definition) is 0. The molecule has 4 fully saturated rings. The molecule has 0 aliphatic heterocycles. The zero-order valence-electron chi connectivity index (χ0n) is 21.5. The maximum atomic E-state index is 11.9. The second kappa shape index (κ2) is 6.73. The van der Waals surface area contributed by atoms with Gasteiger partial charge >= 0.3 is 0 Å². The second-order valence-electron chi connectivity index (χ2n) is 14.5. The molecule has 9 atom stereocenters. The van der Waals surface area contributed by atoms with Crippen molar-refractivity contribution in [1.29, 1.82) is 0 Å². The normalized spacial score (nSPS) is 55.7. The average molecular weight is 425 g/mol. The summed E-state index contributed by atoms with van der Waals surface area (Å²) in [6.45, 7) is 18.3. The molecule has 0 radical (unpaired) electrons. The van der Waals surface area contributed by atoms with E-state index in [4.69, 9.17) is 0 Å². The number of carbonyl (C=O) groups is 1. The van der Waals surface area contributed by atoms with Crippen LogP contribution in [0, 0.1) is 56.7 Å². The lowest BCUT2D eigenvalue weighted by atomic mass is 9.31. The van der Waals surface area contributed by atoms with Gasteiger partial charge in [-0.3, -0.25) is 4.79 Å². The first-order chi connectivity index (χ1) is 14.4. The van der Waals surface area contributed by atoms with Gasteiger partial charge in [-0.2, -0.15) is 0 Å². The Labute approximate surface area is 192 Å². The molecule has 5 aliphatic carbocycles. The van der Waals surface area contributed by atoms with E-state index in [0.29, 0.717) is 38.9 Å². The number of carbonyl (C=O) groups excluding carboxylic acids is 1. The SMILES string of the molecule is C[C@@H]1C(C=O)=CC[C@]2(C)CC[C@]3(C)[C@H](CC[C@@H]4[C@@]5(C)CCCC(C)(C)[C@@H]5CC[C@]43C)[C@@H]12. The van der Waals surface area contributed by atoms with Gasteiger partial charge in [0.05, 0.1) is 0 Å². The van der Waals surface area contributed by atoms with Gasteiger partial charge < -0.3 is 0 Å². The van der Waals surface area contributed by atoms with Gasteiger partial charge in [-0.15, -0.1) is 0 Å². The molecule has 0 aromatic carbocycles. The minimum atomic E-state index is 0.396. The van der Waals surface area contributed by atoms with Gasteiger partial charge in [-0.05, 0) is 120 Å². The molecule has 1 nitrogen and oxygen atoms in total. The fourth-order valence-corrected chi connectivity index (χ4v) is 11.4.